The molecule has 7 heteroatoms. The first kappa shape index (κ1) is 18.2. The van der Waals surface area contributed by atoms with Crippen molar-refractivity contribution in [2.45, 2.75) is 13.1 Å². The Bertz CT molecular complexity index is 904. The lowest BCUT2D eigenvalue weighted by Crippen LogP contribution is -2.28. The molecule has 0 unspecified atom stereocenters. The summed E-state index contributed by atoms with van der Waals surface area (Å²) in [7, 11) is 0. The summed E-state index contributed by atoms with van der Waals surface area (Å²) >= 11 is 0. The predicted octanol–water partition coefficient (Wildman–Crippen LogP) is 1.73. The first-order chi connectivity index (χ1) is 13.1. The minimum Gasteiger partial charge on any atom is -0.484 e. The Morgan fingerprint density at radius 2 is 1.78 bits per heavy atom. The van der Waals surface area contributed by atoms with Crippen LogP contribution in [0.15, 0.2) is 67.0 Å². The van der Waals surface area contributed by atoms with Gasteiger partial charge in [0.2, 0.25) is 5.91 Å². The number of carbonyl (C=O) groups is 2. The van der Waals surface area contributed by atoms with Gasteiger partial charge in [0.1, 0.15) is 5.75 Å². The molecule has 0 spiro atoms. The Morgan fingerprint density at radius 1 is 1.04 bits per heavy atom. The van der Waals surface area contributed by atoms with Crippen molar-refractivity contribution in [2.24, 2.45) is 5.73 Å². The Hall–Kier alpha value is -3.61. The van der Waals surface area contributed by atoms with Crippen LogP contribution in [-0.2, 0) is 17.9 Å². The molecule has 0 bridgehead atoms. The van der Waals surface area contributed by atoms with Crippen LogP contribution < -0.4 is 15.8 Å². The molecule has 1 heterocycles. The van der Waals surface area contributed by atoms with Crippen molar-refractivity contribution in [1.82, 2.24) is 15.1 Å². The molecule has 3 rings (SSSR count). The molecule has 2 aromatic carbocycles. The number of hydrogen-bond acceptors (Lipinski definition) is 4. The van der Waals surface area contributed by atoms with Crippen LogP contribution in [0.4, 0.5) is 0 Å². The minimum absolute atomic E-state index is 0.117. The maximum atomic E-state index is 11.9. The normalized spacial score (nSPS) is 10.4. The number of nitrogens with zero attached hydrogens (tertiary/aromatic N) is 2. The van der Waals surface area contributed by atoms with Crippen LogP contribution >= 0.6 is 0 Å². The topological polar surface area (TPSA) is 99.2 Å². The summed E-state index contributed by atoms with van der Waals surface area (Å²) in [6.45, 7) is 0.935. The Balaban J connectivity index is 1.43. The fraction of sp³-hybridized carbons (Fsp3) is 0.150. The van der Waals surface area contributed by atoms with Gasteiger partial charge >= 0.3 is 0 Å². The summed E-state index contributed by atoms with van der Waals surface area (Å²) < 4.78 is 7.22. The van der Waals surface area contributed by atoms with E-state index in [0.29, 0.717) is 24.4 Å². The monoisotopic (exact) mass is 364 g/mol. The highest BCUT2D eigenvalue weighted by Gasteiger charge is 2.06. The molecule has 138 valence electrons. The largest absolute Gasteiger partial charge is 0.484 e. The zero-order valence-electron chi connectivity index (χ0n) is 14.7. The minimum atomic E-state index is -0.507. The summed E-state index contributed by atoms with van der Waals surface area (Å²) in [5.41, 5.74) is 7.63. The van der Waals surface area contributed by atoms with E-state index in [0.717, 1.165) is 11.1 Å². The average Bonchev–Trinajstić information content (AvgIpc) is 3.13. The van der Waals surface area contributed by atoms with Crippen LogP contribution in [0.5, 0.6) is 5.75 Å². The van der Waals surface area contributed by atoms with Crippen molar-refractivity contribution in [1.29, 1.82) is 0 Å². The number of rotatable bonds is 8. The van der Waals surface area contributed by atoms with Crippen LogP contribution in [0.2, 0.25) is 0 Å². The summed E-state index contributed by atoms with van der Waals surface area (Å²) in [5, 5.41) is 7.09. The van der Waals surface area contributed by atoms with Crippen molar-refractivity contribution in [3.8, 4) is 5.75 Å². The lowest BCUT2D eigenvalue weighted by atomic mass is 10.2. The average molecular weight is 364 g/mol. The highest BCUT2D eigenvalue weighted by Crippen LogP contribution is 2.11. The quantitative estimate of drug-likeness (QED) is 0.636. The van der Waals surface area contributed by atoms with E-state index in [4.69, 9.17) is 10.5 Å². The van der Waals surface area contributed by atoms with Crippen LogP contribution in [-0.4, -0.2) is 28.2 Å². The van der Waals surface area contributed by atoms with Gasteiger partial charge in [-0.15, -0.1) is 0 Å². The fourth-order valence-corrected chi connectivity index (χ4v) is 2.47. The van der Waals surface area contributed by atoms with Gasteiger partial charge in [0, 0.05) is 23.9 Å². The van der Waals surface area contributed by atoms with Crippen molar-refractivity contribution in [2.75, 3.05) is 6.61 Å². The third-order valence-corrected chi connectivity index (χ3v) is 3.87. The van der Waals surface area contributed by atoms with Crippen LogP contribution in [0.3, 0.4) is 0 Å². The first-order valence-electron chi connectivity index (χ1n) is 8.45. The smallest absolute Gasteiger partial charge is 0.258 e. The molecular formula is C20H20N4O3. The van der Waals surface area contributed by atoms with Gasteiger partial charge in [-0.1, -0.05) is 30.3 Å². The van der Waals surface area contributed by atoms with Gasteiger partial charge < -0.3 is 15.8 Å². The Morgan fingerprint density at radius 3 is 2.48 bits per heavy atom. The molecule has 0 saturated carbocycles. The van der Waals surface area contributed by atoms with Gasteiger partial charge in [-0.3, -0.25) is 14.3 Å². The molecule has 27 heavy (non-hydrogen) atoms. The molecule has 1 aromatic heterocycles. The van der Waals surface area contributed by atoms with E-state index >= 15 is 0 Å². The van der Waals surface area contributed by atoms with Gasteiger partial charge in [0.25, 0.3) is 5.91 Å². The van der Waals surface area contributed by atoms with E-state index in [1.54, 1.807) is 30.5 Å². The third kappa shape index (κ3) is 5.43. The van der Waals surface area contributed by atoms with Gasteiger partial charge in [-0.25, -0.2) is 0 Å². The second-order valence-corrected chi connectivity index (χ2v) is 5.99. The summed E-state index contributed by atoms with van der Waals surface area (Å²) in [6.07, 6.45) is 3.63. The zero-order valence-corrected chi connectivity index (χ0v) is 14.7. The SMILES string of the molecule is NC(=O)c1ccc(OCC(=O)NCc2cnn(Cc3ccccc3)c2)cc1. The zero-order chi connectivity index (χ0) is 19.1. The fourth-order valence-electron chi connectivity index (χ4n) is 2.47. The van der Waals surface area contributed by atoms with Crippen LogP contribution in [0.25, 0.3) is 0 Å². The van der Waals surface area contributed by atoms with E-state index in [-0.39, 0.29) is 12.5 Å². The highest BCUT2D eigenvalue weighted by molar-refractivity contribution is 5.92. The van der Waals surface area contributed by atoms with Crippen molar-refractivity contribution < 1.29 is 14.3 Å². The predicted molar refractivity (Wildman–Crippen MR) is 100 cm³/mol. The summed E-state index contributed by atoms with van der Waals surface area (Å²) in [4.78, 5) is 22.9. The maximum Gasteiger partial charge on any atom is 0.258 e. The van der Waals surface area contributed by atoms with E-state index in [9.17, 15) is 9.59 Å². The standard InChI is InChI=1S/C20H20N4O3/c21-20(26)17-6-8-18(9-7-17)27-14-19(25)22-10-16-11-23-24(13-16)12-15-4-2-1-3-5-15/h1-9,11,13H,10,12,14H2,(H2,21,26)(H,22,25). The molecule has 0 saturated heterocycles. The van der Waals surface area contributed by atoms with Gasteiger partial charge in [-0.2, -0.15) is 5.10 Å². The molecule has 0 aliphatic rings. The molecule has 7 nitrogen and oxygen atoms in total. The van der Waals surface area contributed by atoms with Gasteiger partial charge in [0.05, 0.1) is 12.7 Å². The van der Waals surface area contributed by atoms with E-state index in [2.05, 4.69) is 10.4 Å². The molecule has 3 N–H and O–H groups in total. The van der Waals surface area contributed by atoms with Crippen LogP contribution in [0, 0.1) is 0 Å². The number of aromatic nitrogens is 2. The molecule has 0 aliphatic heterocycles. The number of amides is 2. The highest BCUT2D eigenvalue weighted by atomic mass is 16.5. The number of nitrogens with two attached hydrogens (primary N) is 1. The number of hydrogen-bond donors (Lipinski definition) is 2. The molecular weight excluding hydrogens is 344 g/mol. The first-order valence-corrected chi connectivity index (χ1v) is 8.45. The molecule has 2 amide bonds. The summed E-state index contributed by atoms with van der Waals surface area (Å²) in [5.74, 6) is -0.261. The van der Waals surface area contributed by atoms with Crippen molar-refractivity contribution >= 4 is 11.8 Å². The van der Waals surface area contributed by atoms with E-state index < -0.39 is 5.91 Å². The maximum absolute atomic E-state index is 11.9. The number of ether oxygens (including phenoxy) is 1. The number of nitrogens with one attached hydrogen (secondary N) is 1. The number of benzene rings is 2. The second kappa shape index (κ2) is 8.66. The van der Waals surface area contributed by atoms with Gasteiger partial charge in [0.15, 0.2) is 6.61 Å². The lowest BCUT2D eigenvalue weighted by molar-refractivity contribution is -0.123. The van der Waals surface area contributed by atoms with Gasteiger partial charge in [-0.05, 0) is 29.8 Å². The third-order valence-electron chi connectivity index (χ3n) is 3.87. The number of carbonyl (C=O) groups excluding carboxylic acids is 2. The Kier molecular flexibility index (Phi) is 5.84. The molecule has 3 aromatic rings. The number of primary amides is 1. The summed E-state index contributed by atoms with van der Waals surface area (Å²) in [6, 6.07) is 16.3. The lowest BCUT2D eigenvalue weighted by Gasteiger charge is -2.07. The van der Waals surface area contributed by atoms with Crippen molar-refractivity contribution in [3.05, 3.63) is 83.7 Å². The van der Waals surface area contributed by atoms with Crippen LogP contribution in [0.1, 0.15) is 21.5 Å². The van der Waals surface area contributed by atoms with Crippen molar-refractivity contribution in [3.63, 3.8) is 0 Å². The Labute approximate surface area is 156 Å². The van der Waals surface area contributed by atoms with E-state index in [1.165, 1.54) is 0 Å². The second-order valence-electron chi connectivity index (χ2n) is 5.99. The molecule has 0 fully saturated rings. The molecule has 0 aliphatic carbocycles. The molecule has 0 radical (unpaired) electrons. The van der Waals surface area contributed by atoms with E-state index in [1.807, 2.05) is 41.2 Å². The molecule has 0 atom stereocenters.